The first-order valence-corrected chi connectivity index (χ1v) is 6.28. The van der Waals surface area contributed by atoms with Crippen molar-refractivity contribution in [3.05, 3.63) is 55.2 Å². The number of aromatic nitrogens is 4. The van der Waals surface area contributed by atoms with Gasteiger partial charge < -0.3 is 16.4 Å². The van der Waals surface area contributed by atoms with Gasteiger partial charge in [0.05, 0.1) is 11.9 Å². The summed E-state index contributed by atoms with van der Waals surface area (Å²) in [6.07, 6.45) is 6.50. The lowest BCUT2D eigenvalue weighted by Crippen LogP contribution is -2.05. The monoisotopic (exact) mass is 279 g/mol. The van der Waals surface area contributed by atoms with Crippen molar-refractivity contribution in [2.24, 2.45) is 0 Å². The van der Waals surface area contributed by atoms with Crippen LogP contribution in [0.25, 0.3) is 0 Å². The van der Waals surface area contributed by atoms with E-state index in [-0.39, 0.29) is 0 Å². The maximum absolute atomic E-state index is 6.08. The van der Waals surface area contributed by atoms with Gasteiger partial charge in [-0.1, -0.05) is 6.07 Å². The minimum Gasteiger partial charge on any atom is -0.393 e. The third-order valence-electron chi connectivity index (χ3n) is 2.72. The van der Waals surface area contributed by atoms with Gasteiger partial charge in [-0.2, -0.15) is 0 Å². The lowest BCUT2D eigenvalue weighted by Gasteiger charge is -2.11. The fraction of sp³-hybridized carbons (Fsp3) is 0. The lowest BCUT2D eigenvalue weighted by atomic mass is 10.3. The minimum absolute atomic E-state index is 0.409. The zero-order chi connectivity index (χ0) is 14.5. The molecule has 0 aromatic carbocycles. The number of anilines is 5. The highest BCUT2D eigenvalue weighted by atomic mass is 15.1. The Bertz CT molecular complexity index is 656. The highest BCUT2D eigenvalue weighted by Crippen LogP contribution is 2.26. The van der Waals surface area contributed by atoms with E-state index in [1.54, 1.807) is 18.6 Å². The zero-order valence-electron chi connectivity index (χ0n) is 11.1. The van der Waals surface area contributed by atoms with Gasteiger partial charge in [0.2, 0.25) is 0 Å². The lowest BCUT2D eigenvalue weighted by molar-refractivity contribution is 1.16. The molecule has 0 bridgehead atoms. The summed E-state index contributed by atoms with van der Waals surface area (Å²) in [6.45, 7) is 0. The van der Waals surface area contributed by atoms with Crippen LogP contribution in [0.2, 0.25) is 0 Å². The molecule has 0 amide bonds. The maximum atomic E-state index is 6.08. The SMILES string of the molecule is Nc1c(Nc2cccnc2)ncnc1Nc1ccccn1. The molecule has 7 nitrogen and oxygen atoms in total. The normalized spacial score (nSPS) is 10.1. The third kappa shape index (κ3) is 3.03. The van der Waals surface area contributed by atoms with Crippen LogP contribution >= 0.6 is 0 Å². The second kappa shape index (κ2) is 5.83. The average molecular weight is 279 g/mol. The molecule has 0 aliphatic carbocycles. The number of hydrogen-bond donors (Lipinski definition) is 3. The van der Waals surface area contributed by atoms with E-state index in [4.69, 9.17) is 5.73 Å². The molecular formula is C14H13N7. The van der Waals surface area contributed by atoms with Crippen molar-refractivity contribution in [3.63, 3.8) is 0 Å². The summed E-state index contributed by atoms with van der Waals surface area (Å²) in [6, 6.07) is 9.24. The van der Waals surface area contributed by atoms with Crippen LogP contribution in [0.1, 0.15) is 0 Å². The summed E-state index contributed by atoms with van der Waals surface area (Å²) >= 11 is 0. The fourth-order valence-corrected chi connectivity index (χ4v) is 1.73. The highest BCUT2D eigenvalue weighted by Gasteiger charge is 2.09. The van der Waals surface area contributed by atoms with Crippen LogP contribution in [0.3, 0.4) is 0 Å². The number of hydrogen-bond acceptors (Lipinski definition) is 7. The fourth-order valence-electron chi connectivity index (χ4n) is 1.73. The van der Waals surface area contributed by atoms with E-state index < -0.39 is 0 Å². The summed E-state index contributed by atoms with van der Waals surface area (Å²) < 4.78 is 0. The van der Waals surface area contributed by atoms with Crippen molar-refractivity contribution < 1.29 is 0 Å². The molecule has 0 aliphatic rings. The van der Waals surface area contributed by atoms with E-state index in [1.165, 1.54) is 6.33 Å². The van der Waals surface area contributed by atoms with Gasteiger partial charge in [0, 0.05) is 12.4 Å². The Hall–Kier alpha value is -3.22. The predicted octanol–water partition coefficient (Wildman–Crippen LogP) is 2.34. The molecule has 3 aromatic heterocycles. The molecular weight excluding hydrogens is 266 g/mol. The van der Waals surface area contributed by atoms with Crippen LogP contribution in [0.15, 0.2) is 55.2 Å². The molecule has 0 fully saturated rings. The number of rotatable bonds is 4. The van der Waals surface area contributed by atoms with Gasteiger partial charge in [-0.05, 0) is 24.3 Å². The summed E-state index contributed by atoms with van der Waals surface area (Å²) in [7, 11) is 0. The van der Waals surface area contributed by atoms with Crippen molar-refractivity contribution in [1.29, 1.82) is 0 Å². The van der Waals surface area contributed by atoms with E-state index in [9.17, 15) is 0 Å². The standard InChI is InChI=1S/C14H13N7/c15-12-13(20-10-4-3-6-16-8-10)18-9-19-14(12)21-11-5-1-2-7-17-11/h1-9H,15H2,(H2,17,18,19,20,21). The summed E-state index contributed by atoms with van der Waals surface area (Å²) in [5.74, 6) is 1.67. The smallest absolute Gasteiger partial charge is 0.160 e. The topological polar surface area (TPSA) is 102 Å². The molecule has 0 saturated heterocycles. The zero-order valence-corrected chi connectivity index (χ0v) is 11.1. The highest BCUT2D eigenvalue weighted by molar-refractivity contribution is 5.79. The first-order chi connectivity index (χ1) is 10.3. The molecule has 3 aromatic rings. The molecule has 0 atom stereocenters. The molecule has 3 rings (SSSR count). The van der Waals surface area contributed by atoms with Gasteiger partial charge in [-0.25, -0.2) is 15.0 Å². The Morgan fingerprint density at radius 2 is 1.71 bits per heavy atom. The Kier molecular flexibility index (Phi) is 3.55. The Morgan fingerprint density at radius 3 is 2.43 bits per heavy atom. The Labute approximate surface area is 121 Å². The molecule has 7 heteroatoms. The van der Waals surface area contributed by atoms with Crippen molar-refractivity contribution >= 4 is 28.8 Å². The molecule has 0 aliphatic heterocycles. The van der Waals surface area contributed by atoms with Crippen LogP contribution < -0.4 is 16.4 Å². The van der Waals surface area contributed by atoms with Crippen molar-refractivity contribution in [1.82, 2.24) is 19.9 Å². The largest absolute Gasteiger partial charge is 0.393 e. The number of nitrogens with two attached hydrogens (primary N) is 1. The first-order valence-electron chi connectivity index (χ1n) is 6.28. The molecule has 0 saturated carbocycles. The quantitative estimate of drug-likeness (QED) is 0.673. The number of nitrogen functional groups attached to an aromatic ring is 1. The van der Waals surface area contributed by atoms with Crippen molar-refractivity contribution in [2.45, 2.75) is 0 Å². The summed E-state index contributed by atoms with van der Waals surface area (Å²) in [5, 5.41) is 6.15. The minimum atomic E-state index is 0.409. The first kappa shape index (κ1) is 12.8. The molecule has 3 heterocycles. The van der Waals surface area contributed by atoms with Crippen LogP contribution in [-0.4, -0.2) is 19.9 Å². The van der Waals surface area contributed by atoms with E-state index in [1.807, 2.05) is 30.3 Å². The van der Waals surface area contributed by atoms with E-state index in [0.29, 0.717) is 23.1 Å². The Morgan fingerprint density at radius 1 is 0.857 bits per heavy atom. The summed E-state index contributed by atoms with van der Waals surface area (Å²) in [4.78, 5) is 16.5. The third-order valence-corrected chi connectivity index (χ3v) is 2.72. The molecule has 0 spiro atoms. The van der Waals surface area contributed by atoms with Crippen LogP contribution in [0.5, 0.6) is 0 Å². The van der Waals surface area contributed by atoms with Crippen molar-refractivity contribution in [3.8, 4) is 0 Å². The van der Waals surface area contributed by atoms with Crippen LogP contribution in [0, 0.1) is 0 Å². The second-order valence-electron chi connectivity index (χ2n) is 4.19. The number of nitrogens with one attached hydrogen (secondary N) is 2. The average Bonchev–Trinajstić information content (AvgIpc) is 2.53. The van der Waals surface area contributed by atoms with Crippen LogP contribution in [0.4, 0.5) is 28.8 Å². The number of nitrogens with zero attached hydrogens (tertiary/aromatic N) is 4. The van der Waals surface area contributed by atoms with Crippen LogP contribution in [-0.2, 0) is 0 Å². The van der Waals surface area contributed by atoms with E-state index in [2.05, 4.69) is 30.6 Å². The Balaban J connectivity index is 1.85. The maximum Gasteiger partial charge on any atom is 0.160 e. The van der Waals surface area contributed by atoms with Gasteiger partial charge in [0.15, 0.2) is 11.6 Å². The summed E-state index contributed by atoms with van der Waals surface area (Å²) in [5.41, 5.74) is 7.29. The second-order valence-corrected chi connectivity index (χ2v) is 4.19. The molecule has 21 heavy (non-hydrogen) atoms. The number of pyridine rings is 2. The molecule has 0 radical (unpaired) electrons. The van der Waals surface area contributed by atoms with E-state index >= 15 is 0 Å². The molecule has 4 N–H and O–H groups in total. The van der Waals surface area contributed by atoms with Gasteiger partial charge in [0.1, 0.15) is 17.8 Å². The van der Waals surface area contributed by atoms with Gasteiger partial charge in [-0.15, -0.1) is 0 Å². The van der Waals surface area contributed by atoms with Crippen molar-refractivity contribution in [2.75, 3.05) is 16.4 Å². The predicted molar refractivity (Wildman–Crippen MR) is 81.5 cm³/mol. The molecule has 0 unspecified atom stereocenters. The van der Waals surface area contributed by atoms with Gasteiger partial charge >= 0.3 is 0 Å². The van der Waals surface area contributed by atoms with E-state index in [0.717, 1.165) is 5.69 Å². The van der Waals surface area contributed by atoms with Gasteiger partial charge in [-0.3, -0.25) is 4.98 Å². The van der Waals surface area contributed by atoms with Gasteiger partial charge in [0.25, 0.3) is 0 Å². The molecule has 104 valence electrons.